The van der Waals surface area contributed by atoms with Gasteiger partial charge in [-0.3, -0.25) is 9.59 Å². The normalized spacial score (nSPS) is 13.2. The standard InChI is InChI=1S/C21H17FN2O3/c22-15-5-1-13(2-6-15)18-11-12-19(27-18)21(26)24-16-7-3-14(4-8-16)20(25)23-17-9-10-17/h1-8,11-12,17H,9-10H2,(H,23,25)(H,24,26). The molecule has 2 amide bonds. The molecule has 1 saturated carbocycles. The van der Waals surface area contributed by atoms with Crippen molar-refractivity contribution in [3.05, 3.63) is 77.8 Å². The minimum Gasteiger partial charge on any atom is -0.451 e. The Labute approximate surface area is 155 Å². The first kappa shape index (κ1) is 17.0. The number of halogens is 1. The third-order valence-electron chi connectivity index (χ3n) is 4.28. The number of anilines is 1. The molecule has 1 fully saturated rings. The molecule has 1 aliphatic carbocycles. The van der Waals surface area contributed by atoms with Crippen molar-refractivity contribution in [3.63, 3.8) is 0 Å². The molecule has 0 atom stereocenters. The number of benzene rings is 2. The second-order valence-electron chi connectivity index (χ2n) is 6.45. The SMILES string of the molecule is O=C(NC1CC1)c1ccc(NC(=O)c2ccc(-c3ccc(F)cc3)o2)cc1. The summed E-state index contributed by atoms with van der Waals surface area (Å²) in [6.07, 6.45) is 2.06. The van der Waals surface area contributed by atoms with Crippen molar-refractivity contribution in [2.75, 3.05) is 5.32 Å². The van der Waals surface area contributed by atoms with Crippen molar-refractivity contribution >= 4 is 17.5 Å². The van der Waals surface area contributed by atoms with Gasteiger partial charge in [-0.1, -0.05) is 0 Å². The summed E-state index contributed by atoms with van der Waals surface area (Å²) in [4.78, 5) is 24.3. The lowest BCUT2D eigenvalue weighted by Gasteiger charge is -2.06. The second kappa shape index (κ2) is 7.07. The van der Waals surface area contributed by atoms with Gasteiger partial charge in [-0.2, -0.15) is 0 Å². The van der Waals surface area contributed by atoms with E-state index < -0.39 is 5.91 Å². The summed E-state index contributed by atoms with van der Waals surface area (Å²) in [6, 6.07) is 16.0. The third-order valence-corrected chi connectivity index (χ3v) is 4.28. The maximum absolute atomic E-state index is 13.0. The van der Waals surface area contributed by atoms with E-state index in [9.17, 15) is 14.0 Å². The molecular weight excluding hydrogens is 347 g/mol. The smallest absolute Gasteiger partial charge is 0.291 e. The van der Waals surface area contributed by atoms with Gasteiger partial charge in [-0.15, -0.1) is 0 Å². The van der Waals surface area contributed by atoms with Crippen LogP contribution in [0.15, 0.2) is 65.1 Å². The molecule has 0 aliphatic heterocycles. The van der Waals surface area contributed by atoms with Crippen molar-refractivity contribution in [2.45, 2.75) is 18.9 Å². The summed E-state index contributed by atoms with van der Waals surface area (Å²) < 4.78 is 18.6. The van der Waals surface area contributed by atoms with Crippen LogP contribution in [0.4, 0.5) is 10.1 Å². The average molecular weight is 364 g/mol. The minimum atomic E-state index is -0.404. The quantitative estimate of drug-likeness (QED) is 0.712. The van der Waals surface area contributed by atoms with Gasteiger partial charge in [-0.05, 0) is 73.5 Å². The largest absolute Gasteiger partial charge is 0.451 e. The van der Waals surface area contributed by atoms with E-state index >= 15 is 0 Å². The summed E-state index contributed by atoms with van der Waals surface area (Å²) in [6.45, 7) is 0. The Morgan fingerprint density at radius 2 is 1.59 bits per heavy atom. The molecule has 0 saturated heterocycles. The Balaban J connectivity index is 1.41. The van der Waals surface area contributed by atoms with E-state index in [1.807, 2.05) is 0 Å². The molecule has 1 aromatic heterocycles. The number of carbonyl (C=O) groups is 2. The van der Waals surface area contributed by atoms with E-state index in [2.05, 4.69) is 10.6 Å². The zero-order valence-electron chi connectivity index (χ0n) is 14.4. The van der Waals surface area contributed by atoms with Gasteiger partial charge >= 0.3 is 0 Å². The first-order valence-corrected chi connectivity index (χ1v) is 8.66. The van der Waals surface area contributed by atoms with Gasteiger partial charge in [0.2, 0.25) is 0 Å². The molecule has 3 aromatic rings. The second-order valence-corrected chi connectivity index (χ2v) is 6.45. The van der Waals surface area contributed by atoms with Gasteiger partial charge in [0.25, 0.3) is 11.8 Å². The summed E-state index contributed by atoms with van der Waals surface area (Å²) in [5, 5.41) is 5.64. The van der Waals surface area contributed by atoms with Crippen LogP contribution in [0.25, 0.3) is 11.3 Å². The lowest BCUT2D eigenvalue weighted by atomic mass is 10.2. The molecule has 0 radical (unpaired) electrons. The highest BCUT2D eigenvalue weighted by molar-refractivity contribution is 6.03. The first-order chi connectivity index (χ1) is 13.1. The van der Waals surface area contributed by atoms with Crippen LogP contribution in [0.2, 0.25) is 0 Å². The van der Waals surface area contributed by atoms with Crippen molar-refractivity contribution in [2.24, 2.45) is 0 Å². The van der Waals surface area contributed by atoms with Crippen molar-refractivity contribution in [1.82, 2.24) is 5.32 Å². The van der Waals surface area contributed by atoms with Crippen LogP contribution in [-0.4, -0.2) is 17.9 Å². The van der Waals surface area contributed by atoms with E-state index in [-0.39, 0.29) is 17.5 Å². The van der Waals surface area contributed by atoms with Gasteiger partial charge in [0.05, 0.1) is 0 Å². The molecule has 2 aromatic carbocycles. The van der Waals surface area contributed by atoms with E-state index in [1.165, 1.54) is 12.1 Å². The number of hydrogen-bond acceptors (Lipinski definition) is 3. The molecule has 136 valence electrons. The van der Waals surface area contributed by atoms with E-state index in [0.717, 1.165) is 12.8 Å². The van der Waals surface area contributed by atoms with Crippen LogP contribution in [0, 0.1) is 5.82 Å². The predicted molar refractivity (Wildman–Crippen MR) is 99.0 cm³/mol. The molecule has 0 bridgehead atoms. The summed E-state index contributed by atoms with van der Waals surface area (Å²) in [5.74, 6) is -0.224. The van der Waals surface area contributed by atoms with Gasteiger partial charge in [0.1, 0.15) is 11.6 Å². The highest BCUT2D eigenvalue weighted by Crippen LogP contribution is 2.23. The summed E-state index contributed by atoms with van der Waals surface area (Å²) in [5.41, 5.74) is 1.79. The van der Waals surface area contributed by atoms with E-state index in [1.54, 1.807) is 48.5 Å². The van der Waals surface area contributed by atoms with Crippen LogP contribution in [0.3, 0.4) is 0 Å². The fourth-order valence-electron chi connectivity index (χ4n) is 2.62. The molecule has 0 spiro atoms. The molecule has 4 rings (SSSR count). The number of carbonyl (C=O) groups excluding carboxylic acids is 2. The van der Waals surface area contributed by atoms with Crippen molar-refractivity contribution in [1.29, 1.82) is 0 Å². The molecule has 1 heterocycles. The van der Waals surface area contributed by atoms with E-state index in [4.69, 9.17) is 4.42 Å². The van der Waals surface area contributed by atoms with Gasteiger partial charge in [-0.25, -0.2) is 4.39 Å². The molecule has 0 unspecified atom stereocenters. The Kier molecular flexibility index (Phi) is 4.46. The molecule has 6 heteroatoms. The Hall–Kier alpha value is -3.41. The molecule has 27 heavy (non-hydrogen) atoms. The molecule has 1 aliphatic rings. The highest BCUT2D eigenvalue weighted by atomic mass is 19.1. The number of furan rings is 1. The molecule has 5 nitrogen and oxygen atoms in total. The lowest BCUT2D eigenvalue weighted by molar-refractivity contribution is 0.0950. The Morgan fingerprint density at radius 1 is 0.889 bits per heavy atom. The van der Waals surface area contributed by atoms with Gasteiger partial charge in [0, 0.05) is 22.9 Å². The highest BCUT2D eigenvalue weighted by Gasteiger charge is 2.23. The number of rotatable bonds is 5. The zero-order valence-corrected chi connectivity index (χ0v) is 14.4. The first-order valence-electron chi connectivity index (χ1n) is 8.66. The minimum absolute atomic E-state index is 0.106. The van der Waals surface area contributed by atoms with Crippen LogP contribution < -0.4 is 10.6 Å². The monoisotopic (exact) mass is 364 g/mol. The zero-order chi connectivity index (χ0) is 18.8. The number of hydrogen-bond donors (Lipinski definition) is 2. The predicted octanol–water partition coefficient (Wildman–Crippen LogP) is 4.23. The Morgan fingerprint density at radius 3 is 2.26 bits per heavy atom. The van der Waals surface area contributed by atoms with Gasteiger partial charge < -0.3 is 15.1 Å². The molecular formula is C21H17FN2O3. The maximum Gasteiger partial charge on any atom is 0.291 e. The van der Waals surface area contributed by atoms with Crippen LogP contribution >= 0.6 is 0 Å². The van der Waals surface area contributed by atoms with Crippen LogP contribution in [0.1, 0.15) is 33.8 Å². The summed E-state index contributed by atoms with van der Waals surface area (Å²) >= 11 is 0. The van der Waals surface area contributed by atoms with Gasteiger partial charge in [0.15, 0.2) is 5.76 Å². The van der Waals surface area contributed by atoms with Crippen molar-refractivity contribution in [3.8, 4) is 11.3 Å². The summed E-state index contributed by atoms with van der Waals surface area (Å²) in [7, 11) is 0. The lowest BCUT2D eigenvalue weighted by Crippen LogP contribution is -2.25. The topological polar surface area (TPSA) is 71.3 Å². The van der Waals surface area contributed by atoms with Crippen LogP contribution in [-0.2, 0) is 0 Å². The van der Waals surface area contributed by atoms with Crippen molar-refractivity contribution < 1.29 is 18.4 Å². The fraction of sp³-hybridized carbons (Fsp3) is 0.143. The third kappa shape index (κ3) is 4.06. The number of amides is 2. The average Bonchev–Trinajstić information content (AvgIpc) is 3.34. The van der Waals surface area contributed by atoms with E-state index in [0.29, 0.717) is 28.6 Å². The maximum atomic E-state index is 13.0. The Bertz CT molecular complexity index is 973. The van der Waals surface area contributed by atoms with Crippen LogP contribution in [0.5, 0.6) is 0 Å². The number of nitrogens with one attached hydrogen (secondary N) is 2. The fourth-order valence-corrected chi connectivity index (χ4v) is 2.62. The molecule has 2 N–H and O–H groups in total.